The van der Waals surface area contributed by atoms with E-state index >= 15 is 0 Å². The van der Waals surface area contributed by atoms with Crippen LogP contribution in [-0.4, -0.2) is 8.32 Å². The molecule has 0 aromatic heterocycles. The van der Waals surface area contributed by atoms with Gasteiger partial charge in [-0.1, -0.05) is 0 Å². The molecule has 1 rings (SSSR count). The molecule has 0 fully saturated rings. The van der Waals surface area contributed by atoms with E-state index in [2.05, 4.69) is 3.25 Å². The number of para-hydroxylation sites is 1. The zero-order valence-electron chi connectivity index (χ0n) is 12.5. The molecular formula is C12H21F5NOSiZn. The molecule has 0 aliphatic rings. The second-order valence-electron chi connectivity index (χ2n) is 6.30. The number of hydrogen-bond acceptors (Lipinski definition) is 2. The van der Waals surface area contributed by atoms with E-state index in [1.807, 2.05) is 0 Å². The summed E-state index contributed by atoms with van der Waals surface area (Å²) in [6.07, 6.45) is 0. The first-order valence-electron chi connectivity index (χ1n) is 7.53. The molecule has 0 amide bonds. The SMILES string of the molecule is CC[Si](CC)(CC)[O][Zn]([F])([F])([F])([F])([F])[NH]c1ccccc1. The van der Waals surface area contributed by atoms with Gasteiger partial charge in [-0.05, 0) is 0 Å². The van der Waals surface area contributed by atoms with Crippen LogP contribution in [0.15, 0.2) is 30.3 Å². The average Bonchev–Trinajstić information content (AvgIpc) is 2.35. The van der Waals surface area contributed by atoms with Crippen LogP contribution in [-0.2, 0) is 17.6 Å². The Bertz CT molecular complexity index is 513. The molecule has 0 saturated heterocycles. The number of anilines is 1. The van der Waals surface area contributed by atoms with Crippen LogP contribution < -0.4 is 4.06 Å². The Kier molecular flexibility index (Phi) is 3.76. The molecule has 0 spiro atoms. The van der Waals surface area contributed by atoms with Crippen molar-refractivity contribution < 1.29 is 34.2 Å². The van der Waals surface area contributed by atoms with Crippen LogP contribution in [0.5, 0.6) is 0 Å². The van der Waals surface area contributed by atoms with Gasteiger partial charge in [-0.15, -0.1) is 0 Å². The topological polar surface area (TPSA) is 21.3 Å². The standard InChI is InChI=1S/C6H6N.C6H15OSi.5FH.Zn/c7-6-4-2-1-3-5-6;1-4-8(7,5-2)6-3;;;;;;/h1-5,7H;4-6H2,1-3H3;5*1H;/q2*-1;;;;;;+7/p-5. The molecule has 121 valence electrons. The summed E-state index contributed by atoms with van der Waals surface area (Å²) in [4.78, 5) is 0. The third-order valence-corrected chi connectivity index (χ3v) is 19.9. The Balaban J connectivity index is 3.34. The monoisotopic (exact) mass is 382 g/mol. The summed E-state index contributed by atoms with van der Waals surface area (Å²) < 4.78 is 75.1. The normalized spacial score (nSPS) is 18.2. The number of nitrogens with one attached hydrogen (secondary N) is 1. The third kappa shape index (κ3) is 5.30. The number of rotatable bonds is 7. The summed E-state index contributed by atoms with van der Waals surface area (Å²) in [5.41, 5.74) is -0.703. The maximum atomic E-state index is 14.1. The Labute approximate surface area is 121 Å². The van der Waals surface area contributed by atoms with E-state index in [-0.39, 0.29) is 18.1 Å². The third-order valence-electron chi connectivity index (χ3n) is 3.97. The van der Waals surface area contributed by atoms with Crippen LogP contribution >= 0.6 is 0 Å². The van der Waals surface area contributed by atoms with Gasteiger partial charge in [0.2, 0.25) is 0 Å². The van der Waals surface area contributed by atoms with Crippen molar-refractivity contribution in [2.75, 3.05) is 4.06 Å². The summed E-state index contributed by atoms with van der Waals surface area (Å²) in [5, 5.41) is 0. The van der Waals surface area contributed by atoms with Crippen LogP contribution in [0.25, 0.3) is 0 Å². The Morgan fingerprint density at radius 2 is 1.33 bits per heavy atom. The van der Waals surface area contributed by atoms with Crippen molar-refractivity contribution in [2.45, 2.75) is 38.9 Å². The molecule has 0 unspecified atom stereocenters. The molecule has 1 N–H and O–H groups in total. The minimum absolute atomic E-state index is 0.0148. The van der Waals surface area contributed by atoms with E-state index in [1.165, 1.54) is 39.0 Å². The van der Waals surface area contributed by atoms with Gasteiger partial charge in [-0.3, -0.25) is 0 Å². The summed E-state index contributed by atoms with van der Waals surface area (Å²) in [6.45, 7) is 4.41. The molecule has 2 nitrogen and oxygen atoms in total. The summed E-state index contributed by atoms with van der Waals surface area (Å²) in [6, 6.07) is 5.80. The molecular weight excluding hydrogens is 363 g/mol. The van der Waals surface area contributed by atoms with Gasteiger partial charge in [0.15, 0.2) is 0 Å². The molecule has 21 heavy (non-hydrogen) atoms. The predicted molar refractivity (Wildman–Crippen MR) is 73.9 cm³/mol. The van der Waals surface area contributed by atoms with Gasteiger partial charge < -0.3 is 0 Å². The zero-order valence-corrected chi connectivity index (χ0v) is 16.5. The molecule has 9 heteroatoms. The van der Waals surface area contributed by atoms with Gasteiger partial charge in [-0.25, -0.2) is 0 Å². The molecule has 0 bridgehead atoms. The molecule has 0 saturated carbocycles. The molecule has 1 aromatic carbocycles. The second kappa shape index (κ2) is 4.26. The van der Waals surface area contributed by atoms with E-state index in [0.717, 1.165) is 12.1 Å². The fraction of sp³-hybridized carbons (Fsp3) is 0.500. The van der Waals surface area contributed by atoms with Crippen molar-refractivity contribution in [3.63, 3.8) is 0 Å². The summed E-state index contributed by atoms with van der Waals surface area (Å²) >= 11 is -12.0. The van der Waals surface area contributed by atoms with Crippen LogP contribution in [0, 0.1) is 0 Å². The second-order valence-corrected chi connectivity index (χ2v) is 23.6. The van der Waals surface area contributed by atoms with Gasteiger partial charge in [0, 0.05) is 0 Å². The zero-order chi connectivity index (χ0) is 16.5. The van der Waals surface area contributed by atoms with Crippen LogP contribution in [0.4, 0.5) is 22.3 Å². The van der Waals surface area contributed by atoms with Gasteiger partial charge in [0.05, 0.1) is 0 Å². The van der Waals surface area contributed by atoms with Gasteiger partial charge >= 0.3 is 121 Å². The van der Waals surface area contributed by atoms with Gasteiger partial charge in [0.25, 0.3) is 0 Å². The predicted octanol–water partition coefficient (Wildman–Crippen LogP) is 6.13. The van der Waals surface area contributed by atoms with E-state index in [4.69, 9.17) is 0 Å². The van der Waals surface area contributed by atoms with Crippen molar-refractivity contribution in [3.8, 4) is 0 Å². The van der Waals surface area contributed by atoms with E-state index in [9.17, 15) is 16.6 Å². The van der Waals surface area contributed by atoms with Crippen LogP contribution in [0.1, 0.15) is 20.8 Å². The van der Waals surface area contributed by atoms with Crippen molar-refractivity contribution >= 4 is 14.0 Å². The van der Waals surface area contributed by atoms with Crippen molar-refractivity contribution in [1.82, 2.24) is 0 Å². The maximum absolute atomic E-state index is 14.1. The first-order chi connectivity index (χ1) is 9.18. The molecule has 0 atom stereocenters. The quantitative estimate of drug-likeness (QED) is 0.451. The number of benzene rings is 1. The molecule has 0 radical (unpaired) electrons. The number of halogens is 5. The van der Waals surface area contributed by atoms with Crippen LogP contribution in [0.3, 0.4) is 0 Å². The van der Waals surface area contributed by atoms with Gasteiger partial charge in [-0.2, -0.15) is 0 Å². The molecule has 1 aromatic rings. The van der Waals surface area contributed by atoms with E-state index in [1.54, 1.807) is 0 Å². The molecule has 0 aliphatic heterocycles. The number of hydrogen-bond donors (Lipinski definition) is 1. The first-order valence-corrected chi connectivity index (χ1v) is 18.4. The van der Waals surface area contributed by atoms with Crippen LogP contribution in [0.2, 0.25) is 18.1 Å². The minimum atomic E-state index is -12.0. The summed E-state index contributed by atoms with van der Waals surface area (Å²) in [5.74, 6) is 0. The van der Waals surface area contributed by atoms with E-state index in [0.29, 0.717) is 4.06 Å². The Morgan fingerprint density at radius 1 is 0.905 bits per heavy atom. The fourth-order valence-corrected chi connectivity index (χ4v) is 22.5. The van der Waals surface area contributed by atoms with Crippen molar-refractivity contribution in [2.24, 2.45) is 0 Å². The molecule has 0 heterocycles. The van der Waals surface area contributed by atoms with Gasteiger partial charge in [0.1, 0.15) is 0 Å². The fourth-order valence-electron chi connectivity index (χ4n) is 2.85. The molecule has 0 aliphatic carbocycles. The van der Waals surface area contributed by atoms with Crippen molar-refractivity contribution in [3.05, 3.63) is 30.3 Å². The first kappa shape index (κ1) is 18.5. The Morgan fingerprint density at radius 3 is 1.71 bits per heavy atom. The average molecular weight is 384 g/mol. The Hall–Kier alpha value is -0.530. The van der Waals surface area contributed by atoms with E-state index < -0.39 is 28.3 Å². The van der Waals surface area contributed by atoms with Crippen molar-refractivity contribution in [1.29, 1.82) is 0 Å². The summed E-state index contributed by atoms with van der Waals surface area (Å²) in [7, 11) is -3.57.